The average Bonchev–Trinajstić information content (AvgIpc) is 2.74. The highest BCUT2D eigenvalue weighted by molar-refractivity contribution is 9.10. The number of carbonyl (C=O) groups is 1. The van der Waals surface area contributed by atoms with Gasteiger partial charge in [0.25, 0.3) is 0 Å². The molecule has 1 aliphatic heterocycles. The zero-order valence-electron chi connectivity index (χ0n) is 17.9. The number of fused-ring (bicyclic) bond motifs is 1. The molecule has 162 valence electrons. The Morgan fingerprint density at radius 1 is 1.40 bits per heavy atom. The number of rotatable bonds is 5. The number of aromatic nitrogens is 1. The second kappa shape index (κ2) is 11.6. The van der Waals surface area contributed by atoms with Gasteiger partial charge in [0.15, 0.2) is 5.78 Å². The van der Waals surface area contributed by atoms with Gasteiger partial charge in [-0.2, -0.15) is 0 Å². The Kier molecular flexibility index (Phi) is 9.53. The van der Waals surface area contributed by atoms with Crippen molar-refractivity contribution >= 4 is 38.9 Å². The number of ether oxygens (including phenoxy) is 1. The van der Waals surface area contributed by atoms with E-state index in [0.717, 1.165) is 33.5 Å². The van der Waals surface area contributed by atoms with Gasteiger partial charge in [0.2, 0.25) is 0 Å². The molecule has 1 N–H and O–H groups in total. The first kappa shape index (κ1) is 24.6. The van der Waals surface area contributed by atoms with Crippen LogP contribution in [0.5, 0.6) is 5.75 Å². The van der Waals surface area contributed by atoms with Crippen molar-refractivity contribution in [3.05, 3.63) is 62.9 Å². The summed E-state index contributed by atoms with van der Waals surface area (Å²) in [6.45, 7) is 8.76. The summed E-state index contributed by atoms with van der Waals surface area (Å²) in [5.41, 5.74) is 3.68. The van der Waals surface area contributed by atoms with Gasteiger partial charge in [-0.25, -0.2) is 4.98 Å². The first-order valence-corrected chi connectivity index (χ1v) is 11.4. The second-order valence-corrected chi connectivity index (χ2v) is 8.75. The van der Waals surface area contributed by atoms with E-state index in [1.165, 1.54) is 0 Å². The molecule has 0 aliphatic carbocycles. The lowest BCUT2D eigenvalue weighted by molar-refractivity contribution is -0.118. The van der Waals surface area contributed by atoms with E-state index in [0.29, 0.717) is 30.2 Å². The van der Waals surface area contributed by atoms with Crippen LogP contribution < -0.4 is 4.74 Å². The van der Waals surface area contributed by atoms with Crippen LogP contribution in [0.2, 0.25) is 5.02 Å². The van der Waals surface area contributed by atoms with E-state index in [2.05, 4.69) is 34.8 Å². The third kappa shape index (κ3) is 6.16. The summed E-state index contributed by atoms with van der Waals surface area (Å²) in [5, 5.41) is 8.53. The number of aliphatic hydroxyl groups is 1. The molecule has 1 unspecified atom stereocenters. The van der Waals surface area contributed by atoms with Crippen LogP contribution in [0.15, 0.2) is 41.1 Å². The molecular weight excluding hydrogens is 466 g/mol. The van der Waals surface area contributed by atoms with E-state index in [1.54, 1.807) is 6.20 Å². The quantitative estimate of drug-likeness (QED) is 0.395. The van der Waals surface area contributed by atoms with Crippen LogP contribution in [-0.2, 0) is 11.2 Å². The summed E-state index contributed by atoms with van der Waals surface area (Å²) < 4.78 is 6.59. The van der Waals surface area contributed by atoms with Crippen molar-refractivity contribution in [2.24, 2.45) is 5.92 Å². The summed E-state index contributed by atoms with van der Waals surface area (Å²) in [6, 6.07) is 7.54. The van der Waals surface area contributed by atoms with E-state index < -0.39 is 0 Å². The SMILES string of the molecule is C/C=C(/C(=O)C1COc2ccc(Cl)cc2C1)c1cnc(Br)cc1C(C)C.CCCO. The number of hydrogen-bond acceptors (Lipinski definition) is 4. The topological polar surface area (TPSA) is 59.4 Å². The van der Waals surface area contributed by atoms with Crippen LogP contribution in [0.25, 0.3) is 5.57 Å². The maximum atomic E-state index is 13.3. The third-order valence-corrected chi connectivity index (χ3v) is 5.56. The van der Waals surface area contributed by atoms with E-state index >= 15 is 0 Å². The van der Waals surface area contributed by atoms with Crippen LogP contribution in [0.1, 0.15) is 56.7 Å². The molecule has 3 rings (SSSR count). The summed E-state index contributed by atoms with van der Waals surface area (Å²) >= 11 is 9.52. The number of carbonyl (C=O) groups excluding carboxylic acids is 1. The first-order valence-electron chi connectivity index (χ1n) is 10.2. The molecule has 0 saturated carbocycles. The number of halogens is 2. The third-order valence-electron chi connectivity index (χ3n) is 4.89. The van der Waals surface area contributed by atoms with Gasteiger partial charge in [-0.05, 0) is 77.0 Å². The number of nitrogens with zero attached hydrogens (tertiary/aromatic N) is 1. The highest BCUT2D eigenvalue weighted by Gasteiger charge is 2.29. The number of benzene rings is 1. The lowest BCUT2D eigenvalue weighted by Gasteiger charge is -2.26. The predicted octanol–water partition coefficient (Wildman–Crippen LogP) is 6.23. The van der Waals surface area contributed by atoms with Crippen molar-refractivity contribution in [3.63, 3.8) is 0 Å². The summed E-state index contributed by atoms with van der Waals surface area (Å²) in [5.74, 6) is 0.961. The van der Waals surface area contributed by atoms with E-state index in [4.69, 9.17) is 21.4 Å². The minimum Gasteiger partial charge on any atom is -0.493 e. The van der Waals surface area contributed by atoms with Crippen molar-refractivity contribution < 1.29 is 14.6 Å². The molecule has 30 heavy (non-hydrogen) atoms. The fraction of sp³-hybridized carbons (Fsp3) is 0.417. The Morgan fingerprint density at radius 2 is 2.10 bits per heavy atom. The summed E-state index contributed by atoms with van der Waals surface area (Å²) in [6.07, 6.45) is 5.17. The molecule has 0 bridgehead atoms. The Morgan fingerprint density at radius 3 is 2.70 bits per heavy atom. The van der Waals surface area contributed by atoms with Crippen molar-refractivity contribution in [1.29, 1.82) is 0 Å². The Balaban J connectivity index is 0.000000735. The zero-order valence-corrected chi connectivity index (χ0v) is 20.3. The van der Waals surface area contributed by atoms with Crippen molar-refractivity contribution in [3.8, 4) is 5.75 Å². The monoisotopic (exact) mass is 493 g/mol. The average molecular weight is 495 g/mol. The molecule has 2 aromatic rings. The largest absolute Gasteiger partial charge is 0.493 e. The molecule has 0 spiro atoms. The van der Waals surface area contributed by atoms with Gasteiger partial charge in [-0.1, -0.05) is 38.4 Å². The number of ketones is 1. The van der Waals surface area contributed by atoms with Gasteiger partial charge in [0.1, 0.15) is 10.4 Å². The minimum atomic E-state index is -0.226. The van der Waals surface area contributed by atoms with E-state index in [1.807, 2.05) is 44.2 Å². The standard InChI is InChI=1S/C21H21BrClNO2.C3H8O/c1-4-16(18-10-24-20(22)9-17(18)12(2)3)21(25)14-7-13-8-15(23)5-6-19(13)26-11-14;1-2-3-4/h4-6,8-10,12,14H,7,11H2,1-3H3;4H,2-3H2,1H3/b16-4+;. The fourth-order valence-electron chi connectivity index (χ4n) is 3.33. The molecule has 4 nitrogen and oxygen atoms in total. The molecular formula is C24H29BrClNO3. The number of allylic oxidation sites excluding steroid dienone is 2. The first-order chi connectivity index (χ1) is 14.3. The Hall–Kier alpha value is -1.69. The van der Waals surface area contributed by atoms with Gasteiger partial charge in [-0.3, -0.25) is 4.79 Å². The highest BCUT2D eigenvalue weighted by atomic mass is 79.9. The Bertz CT molecular complexity index is 909. The maximum Gasteiger partial charge on any atom is 0.170 e. The summed E-state index contributed by atoms with van der Waals surface area (Å²) in [7, 11) is 0. The lowest BCUT2D eigenvalue weighted by Crippen LogP contribution is -2.29. The van der Waals surface area contributed by atoms with Gasteiger partial charge in [0, 0.05) is 29.0 Å². The molecule has 1 aromatic carbocycles. The molecule has 0 saturated heterocycles. The molecule has 0 amide bonds. The second-order valence-electron chi connectivity index (χ2n) is 7.50. The van der Waals surface area contributed by atoms with Gasteiger partial charge < -0.3 is 9.84 Å². The van der Waals surface area contributed by atoms with Crippen molar-refractivity contribution in [2.45, 2.75) is 46.5 Å². The molecule has 6 heteroatoms. The summed E-state index contributed by atoms with van der Waals surface area (Å²) in [4.78, 5) is 17.6. The van der Waals surface area contributed by atoms with Crippen LogP contribution in [0, 0.1) is 5.92 Å². The number of Topliss-reactive ketones (excluding diaryl/α,β-unsaturated/α-hetero) is 1. The van der Waals surface area contributed by atoms with E-state index in [9.17, 15) is 4.79 Å². The molecule has 0 radical (unpaired) electrons. The lowest BCUT2D eigenvalue weighted by atomic mass is 9.84. The number of aliphatic hydroxyl groups excluding tert-OH is 1. The fourth-order valence-corrected chi connectivity index (χ4v) is 3.87. The van der Waals surface area contributed by atoms with Crippen LogP contribution in [0.4, 0.5) is 0 Å². The van der Waals surface area contributed by atoms with Crippen molar-refractivity contribution in [2.75, 3.05) is 13.2 Å². The molecule has 1 atom stereocenters. The molecule has 1 aromatic heterocycles. The van der Waals surface area contributed by atoms with Crippen LogP contribution in [0.3, 0.4) is 0 Å². The normalized spacial score (nSPS) is 15.7. The smallest absolute Gasteiger partial charge is 0.170 e. The Labute approximate surface area is 192 Å². The van der Waals surface area contributed by atoms with Crippen LogP contribution >= 0.6 is 27.5 Å². The van der Waals surface area contributed by atoms with Gasteiger partial charge in [-0.15, -0.1) is 0 Å². The van der Waals surface area contributed by atoms with Gasteiger partial charge in [0.05, 0.1) is 12.5 Å². The molecule has 0 fully saturated rings. The maximum absolute atomic E-state index is 13.3. The minimum absolute atomic E-state index is 0.0872. The highest BCUT2D eigenvalue weighted by Crippen LogP contribution is 2.34. The van der Waals surface area contributed by atoms with Crippen molar-refractivity contribution in [1.82, 2.24) is 4.98 Å². The predicted molar refractivity (Wildman–Crippen MR) is 126 cm³/mol. The number of pyridine rings is 1. The molecule has 2 heterocycles. The number of hydrogen-bond donors (Lipinski definition) is 1. The zero-order chi connectivity index (χ0) is 22.3. The molecule has 1 aliphatic rings. The van der Waals surface area contributed by atoms with E-state index in [-0.39, 0.29) is 17.6 Å². The van der Waals surface area contributed by atoms with Crippen LogP contribution in [-0.4, -0.2) is 29.1 Å². The van der Waals surface area contributed by atoms with Gasteiger partial charge >= 0.3 is 0 Å².